The van der Waals surface area contributed by atoms with Crippen LogP contribution in [-0.2, 0) is 4.74 Å². The highest BCUT2D eigenvalue weighted by Crippen LogP contribution is 2.15. The summed E-state index contributed by atoms with van der Waals surface area (Å²) < 4.78 is 5.64. The van der Waals surface area contributed by atoms with Crippen LogP contribution in [0.1, 0.15) is 13.8 Å². The van der Waals surface area contributed by atoms with Crippen molar-refractivity contribution in [3.05, 3.63) is 42.2 Å². The number of halogens is 1. The Labute approximate surface area is 129 Å². The van der Waals surface area contributed by atoms with Crippen molar-refractivity contribution in [2.24, 2.45) is 0 Å². The van der Waals surface area contributed by atoms with Gasteiger partial charge in [-0.3, -0.25) is 0 Å². The van der Waals surface area contributed by atoms with E-state index in [2.05, 4.69) is 38.7 Å². The highest BCUT2D eigenvalue weighted by molar-refractivity contribution is 6.28. The molecule has 2 unspecified atom stereocenters. The van der Waals surface area contributed by atoms with Crippen LogP contribution in [0.4, 0.5) is 5.95 Å². The Hall–Kier alpha value is -1.79. The van der Waals surface area contributed by atoms with Crippen molar-refractivity contribution in [1.29, 1.82) is 0 Å². The Kier molecular flexibility index (Phi) is 5.83. The molecule has 7 heteroatoms. The molecule has 6 nitrogen and oxygen atoms in total. The molecule has 1 aliphatic heterocycles. The van der Waals surface area contributed by atoms with Crippen molar-refractivity contribution >= 4 is 17.5 Å². The zero-order chi connectivity index (χ0) is 15.1. The smallest absolute Gasteiger partial charge is 0.225 e. The van der Waals surface area contributed by atoms with E-state index in [1.807, 2.05) is 6.07 Å². The van der Waals surface area contributed by atoms with Crippen molar-refractivity contribution < 1.29 is 4.74 Å². The second-order valence-electron chi connectivity index (χ2n) is 4.73. The summed E-state index contributed by atoms with van der Waals surface area (Å²) in [6.07, 6.45) is 7.23. The summed E-state index contributed by atoms with van der Waals surface area (Å²) in [5.41, 5.74) is 0. The standard InChI is InChI=1S/C10H15N3O.C4H3ClN2/c1-8-6-13(7-9(2)14-8)10-11-4-3-5-12-10;5-4-6-2-1-3-7-4/h3-5,8-9H,6-7H2,1-2H3;1-3H. The molecule has 2 aromatic rings. The number of aromatic nitrogens is 4. The lowest BCUT2D eigenvalue weighted by molar-refractivity contribution is -0.00572. The van der Waals surface area contributed by atoms with E-state index in [0.717, 1.165) is 19.0 Å². The average molecular weight is 308 g/mol. The van der Waals surface area contributed by atoms with Gasteiger partial charge in [-0.05, 0) is 37.6 Å². The molecule has 2 atom stereocenters. The fourth-order valence-corrected chi connectivity index (χ4v) is 2.19. The van der Waals surface area contributed by atoms with Gasteiger partial charge in [0.1, 0.15) is 0 Å². The maximum absolute atomic E-state index is 5.64. The lowest BCUT2D eigenvalue weighted by Gasteiger charge is -2.35. The number of morpholine rings is 1. The second-order valence-corrected chi connectivity index (χ2v) is 5.07. The largest absolute Gasteiger partial charge is 0.372 e. The van der Waals surface area contributed by atoms with Crippen molar-refractivity contribution in [2.45, 2.75) is 26.1 Å². The monoisotopic (exact) mass is 307 g/mol. The summed E-state index contributed by atoms with van der Waals surface area (Å²) in [5.74, 6) is 0.800. The predicted molar refractivity (Wildman–Crippen MR) is 81.3 cm³/mol. The number of hydrogen-bond donors (Lipinski definition) is 0. The molecule has 0 aromatic carbocycles. The minimum atomic E-state index is 0.252. The van der Waals surface area contributed by atoms with Crippen LogP contribution in [0.2, 0.25) is 5.28 Å². The fraction of sp³-hybridized carbons (Fsp3) is 0.429. The molecule has 1 aliphatic rings. The van der Waals surface area contributed by atoms with Crippen LogP contribution in [0, 0.1) is 0 Å². The van der Waals surface area contributed by atoms with E-state index in [1.165, 1.54) is 0 Å². The van der Waals surface area contributed by atoms with Gasteiger partial charge in [0.25, 0.3) is 0 Å². The first-order valence-electron chi connectivity index (χ1n) is 6.75. The summed E-state index contributed by atoms with van der Waals surface area (Å²) >= 11 is 5.32. The van der Waals surface area contributed by atoms with Crippen LogP contribution >= 0.6 is 11.6 Å². The summed E-state index contributed by atoms with van der Waals surface area (Å²) in [6, 6.07) is 3.54. The molecule has 2 aromatic heterocycles. The summed E-state index contributed by atoms with van der Waals surface area (Å²) in [6.45, 7) is 5.89. The van der Waals surface area contributed by atoms with Gasteiger partial charge >= 0.3 is 0 Å². The SMILES string of the molecule is CC1CN(c2ncccn2)CC(C)O1.Clc1ncccn1. The minimum absolute atomic E-state index is 0.252. The average Bonchev–Trinajstić information content (AvgIpc) is 2.49. The van der Waals surface area contributed by atoms with Gasteiger partial charge in [-0.25, -0.2) is 19.9 Å². The van der Waals surface area contributed by atoms with Crippen molar-refractivity contribution in [3.8, 4) is 0 Å². The maximum atomic E-state index is 5.64. The van der Waals surface area contributed by atoms with E-state index < -0.39 is 0 Å². The Morgan fingerprint density at radius 3 is 1.86 bits per heavy atom. The minimum Gasteiger partial charge on any atom is -0.372 e. The molecule has 0 spiro atoms. The maximum Gasteiger partial charge on any atom is 0.225 e. The van der Waals surface area contributed by atoms with Gasteiger partial charge in [0.05, 0.1) is 12.2 Å². The third-order valence-electron chi connectivity index (χ3n) is 2.79. The Bertz CT molecular complexity index is 517. The van der Waals surface area contributed by atoms with Gasteiger partial charge in [-0.2, -0.15) is 0 Å². The van der Waals surface area contributed by atoms with Crippen LogP contribution in [0.5, 0.6) is 0 Å². The van der Waals surface area contributed by atoms with Crippen molar-refractivity contribution in [2.75, 3.05) is 18.0 Å². The lowest BCUT2D eigenvalue weighted by Crippen LogP contribution is -2.46. The van der Waals surface area contributed by atoms with Gasteiger partial charge < -0.3 is 9.64 Å². The Morgan fingerprint density at radius 2 is 1.43 bits per heavy atom. The third kappa shape index (κ3) is 5.24. The lowest BCUT2D eigenvalue weighted by atomic mass is 10.2. The van der Waals surface area contributed by atoms with Gasteiger partial charge in [0, 0.05) is 37.9 Å². The van der Waals surface area contributed by atoms with Crippen molar-refractivity contribution in [1.82, 2.24) is 19.9 Å². The molecular formula is C14H18ClN5O. The number of rotatable bonds is 1. The van der Waals surface area contributed by atoms with E-state index in [9.17, 15) is 0 Å². The molecule has 3 heterocycles. The molecule has 1 fully saturated rings. The van der Waals surface area contributed by atoms with E-state index in [4.69, 9.17) is 16.3 Å². The van der Waals surface area contributed by atoms with Gasteiger partial charge in [-0.15, -0.1) is 0 Å². The van der Waals surface area contributed by atoms with E-state index in [-0.39, 0.29) is 12.2 Å². The van der Waals surface area contributed by atoms with Crippen LogP contribution in [0.3, 0.4) is 0 Å². The Balaban J connectivity index is 0.000000194. The van der Waals surface area contributed by atoms with Crippen LogP contribution in [0.25, 0.3) is 0 Å². The molecule has 112 valence electrons. The zero-order valence-corrected chi connectivity index (χ0v) is 12.8. The quantitative estimate of drug-likeness (QED) is 0.753. The summed E-state index contributed by atoms with van der Waals surface area (Å²) in [7, 11) is 0. The topological polar surface area (TPSA) is 64.0 Å². The summed E-state index contributed by atoms with van der Waals surface area (Å²) in [4.78, 5) is 17.9. The van der Waals surface area contributed by atoms with Crippen LogP contribution in [0.15, 0.2) is 36.9 Å². The normalized spacial score (nSPS) is 21.4. The first-order valence-corrected chi connectivity index (χ1v) is 7.13. The van der Waals surface area contributed by atoms with E-state index >= 15 is 0 Å². The highest BCUT2D eigenvalue weighted by atomic mass is 35.5. The molecule has 0 radical (unpaired) electrons. The molecule has 3 rings (SSSR count). The van der Waals surface area contributed by atoms with Crippen LogP contribution in [-0.4, -0.2) is 45.2 Å². The summed E-state index contributed by atoms with van der Waals surface area (Å²) in [5, 5.41) is 0.294. The molecule has 21 heavy (non-hydrogen) atoms. The first-order chi connectivity index (χ1) is 10.1. The van der Waals surface area contributed by atoms with Crippen molar-refractivity contribution in [3.63, 3.8) is 0 Å². The predicted octanol–water partition coefficient (Wildman–Crippen LogP) is 2.22. The second kappa shape index (κ2) is 7.85. The number of hydrogen-bond acceptors (Lipinski definition) is 6. The van der Waals surface area contributed by atoms with E-state index in [1.54, 1.807) is 30.9 Å². The number of anilines is 1. The zero-order valence-electron chi connectivity index (χ0n) is 12.1. The molecule has 0 amide bonds. The number of ether oxygens (including phenoxy) is 1. The van der Waals surface area contributed by atoms with Gasteiger partial charge in [0.2, 0.25) is 11.2 Å². The molecule has 0 aliphatic carbocycles. The Morgan fingerprint density at radius 1 is 0.952 bits per heavy atom. The molecule has 1 saturated heterocycles. The highest BCUT2D eigenvalue weighted by Gasteiger charge is 2.23. The number of nitrogens with zero attached hydrogens (tertiary/aromatic N) is 5. The third-order valence-corrected chi connectivity index (χ3v) is 2.98. The first kappa shape index (κ1) is 15.6. The van der Waals surface area contributed by atoms with Crippen LogP contribution < -0.4 is 4.90 Å². The van der Waals surface area contributed by atoms with E-state index in [0.29, 0.717) is 5.28 Å². The van der Waals surface area contributed by atoms with Gasteiger partial charge in [-0.1, -0.05) is 0 Å². The molecule has 0 bridgehead atoms. The molecule has 0 N–H and O–H groups in total. The molecule has 0 saturated carbocycles. The molecular weight excluding hydrogens is 290 g/mol. The van der Waals surface area contributed by atoms with Gasteiger partial charge in [0.15, 0.2) is 0 Å². The fourth-order valence-electron chi connectivity index (χ4n) is 2.08.